The first-order valence-corrected chi connectivity index (χ1v) is 6.19. The van der Waals surface area contributed by atoms with Crippen molar-refractivity contribution < 1.29 is 41.0 Å². The van der Waals surface area contributed by atoms with Crippen molar-refractivity contribution in [3.05, 3.63) is 22.9 Å². The number of pyridine rings is 1. The minimum absolute atomic E-state index is 0.367. The number of ether oxygens (including phenoxy) is 1. The Labute approximate surface area is 121 Å². The molecule has 0 saturated carbocycles. The fraction of sp³-hybridized carbons (Fsp3) is 0.400. The van der Waals surface area contributed by atoms with Crippen LogP contribution in [0.15, 0.2) is 6.20 Å². The van der Waals surface area contributed by atoms with Crippen molar-refractivity contribution in [2.24, 2.45) is 0 Å². The van der Waals surface area contributed by atoms with E-state index in [9.17, 15) is 31.1 Å². The van der Waals surface area contributed by atoms with Crippen LogP contribution >= 0.6 is 15.9 Å². The second kappa shape index (κ2) is 6.08. The fourth-order valence-corrected chi connectivity index (χ4v) is 1.97. The molecule has 0 aliphatic heterocycles. The van der Waals surface area contributed by atoms with Gasteiger partial charge in [-0.15, -0.1) is 13.2 Å². The van der Waals surface area contributed by atoms with Crippen molar-refractivity contribution in [3.63, 3.8) is 0 Å². The van der Waals surface area contributed by atoms with Crippen LogP contribution in [-0.4, -0.2) is 22.4 Å². The Bertz CT molecular complexity index is 543. The lowest BCUT2D eigenvalue weighted by Crippen LogP contribution is -2.23. The summed E-state index contributed by atoms with van der Waals surface area (Å²) in [4.78, 5) is 13.7. The predicted molar refractivity (Wildman–Crippen MR) is 59.9 cm³/mol. The molecule has 4 nitrogen and oxygen atoms in total. The molecule has 0 fully saturated rings. The lowest BCUT2D eigenvalue weighted by molar-refractivity contribution is -0.276. The van der Waals surface area contributed by atoms with Gasteiger partial charge in [0.1, 0.15) is 0 Å². The molecule has 0 bridgehead atoms. The molecule has 1 N–H and O–H groups in total. The molecule has 1 heterocycles. The van der Waals surface area contributed by atoms with Crippen molar-refractivity contribution in [2.75, 3.05) is 0 Å². The fourth-order valence-electron chi connectivity index (χ4n) is 1.55. The maximum Gasteiger partial charge on any atom is 0.574 e. The van der Waals surface area contributed by atoms with Crippen LogP contribution in [0, 0.1) is 0 Å². The molecule has 0 aliphatic rings. The summed E-state index contributed by atoms with van der Waals surface area (Å²) in [7, 11) is 0. The Kier molecular flexibility index (Phi) is 5.07. The monoisotopic (exact) mass is 381 g/mol. The molecule has 0 spiro atoms. The Balaban J connectivity index is 3.56. The van der Waals surface area contributed by atoms with E-state index in [0.717, 1.165) is 0 Å². The summed E-state index contributed by atoms with van der Waals surface area (Å²) in [6.45, 7) is 0. The van der Waals surface area contributed by atoms with Gasteiger partial charge in [0.15, 0.2) is 0 Å². The minimum atomic E-state index is -5.29. The highest BCUT2D eigenvalue weighted by Gasteiger charge is 2.41. The zero-order valence-electron chi connectivity index (χ0n) is 9.85. The molecule has 1 aromatic heterocycles. The summed E-state index contributed by atoms with van der Waals surface area (Å²) in [6.07, 6.45) is -11.1. The van der Waals surface area contributed by atoms with Gasteiger partial charge in [0.05, 0.1) is 12.0 Å². The Hall–Kier alpha value is -1.52. The third kappa shape index (κ3) is 4.76. The van der Waals surface area contributed by atoms with Crippen LogP contribution in [-0.2, 0) is 22.7 Å². The number of hydrogen-bond acceptors (Lipinski definition) is 3. The van der Waals surface area contributed by atoms with Crippen LogP contribution in [0.3, 0.4) is 0 Å². The molecule has 1 aromatic rings. The summed E-state index contributed by atoms with van der Waals surface area (Å²) in [5.41, 5.74) is -3.17. The largest absolute Gasteiger partial charge is 0.574 e. The second-order valence-corrected chi connectivity index (χ2v) is 4.25. The van der Waals surface area contributed by atoms with Gasteiger partial charge in [0.25, 0.3) is 0 Å². The molecule has 0 atom stereocenters. The number of carboxylic acids is 1. The average molecular weight is 382 g/mol. The first-order valence-electron chi connectivity index (χ1n) is 5.07. The van der Waals surface area contributed by atoms with E-state index in [4.69, 9.17) is 5.11 Å². The third-order valence-electron chi connectivity index (χ3n) is 2.19. The average Bonchev–Trinajstić information content (AvgIpc) is 2.26. The molecule has 21 heavy (non-hydrogen) atoms. The Morgan fingerprint density at radius 3 is 2.24 bits per heavy atom. The number of hydrogen-bond donors (Lipinski definition) is 1. The summed E-state index contributed by atoms with van der Waals surface area (Å²) in [6, 6.07) is 0. The van der Waals surface area contributed by atoms with Gasteiger partial charge in [0, 0.05) is 17.1 Å². The summed E-state index contributed by atoms with van der Waals surface area (Å²) in [5.74, 6) is -3.18. The first kappa shape index (κ1) is 17.5. The number of aromatic nitrogens is 1. The quantitative estimate of drug-likeness (QED) is 0.640. The van der Waals surface area contributed by atoms with Gasteiger partial charge in [-0.2, -0.15) is 13.2 Å². The third-order valence-corrected chi connectivity index (χ3v) is 2.79. The van der Waals surface area contributed by atoms with Gasteiger partial charge in [0.2, 0.25) is 5.88 Å². The molecule has 0 amide bonds. The molecule has 0 aromatic carbocycles. The number of halogens is 7. The van der Waals surface area contributed by atoms with Crippen molar-refractivity contribution >= 4 is 21.9 Å². The first-order chi connectivity index (χ1) is 9.45. The topological polar surface area (TPSA) is 59.4 Å². The van der Waals surface area contributed by atoms with Crippen LogP contribution in [0.4, 0.5) is 26.3 Å². The number of nitrogens with zero attached hydrogens (tertiary/aromatic N) is 1. The SMILES string of the molecule is O=C(O)Cc1c(OC(F)(F)F)ncc(CBr)c1C(F)(F)F. The highest BCUT2D eigenvalue weighted by molar-refractivity contribution is 9.08. The normalized spacial score (nSPS) is 12.3. The Morgan fingerprint density at radius 1 is 1.29 bits per heavy atom. The molecule has 1 rings (SSSR count). The molecule has 118 valence electrons. The van der Waals surface area contributed by atoms with Gasteiger partial charge in [-0.3, -0.25) is 4.79 Å². The van der Waals surface area contributed by atoms with Crippen molar-refractivity contribution in [1.29, 1.82) is 0 Å². The number of rotatable bonds is 4. The molecule has 0 radical (unpaired) electrons. The van der Waals surface area contributed by atoms with Gasteiger partial charge in [-0.25, -0.2) is 4.98 Å². The van der Waals surface area contributed by atoms with E-state index in [1.165, 1.54) is 0 Å². The maximum absolute atomic E-state index is 13.0. The van der Waals surface area contributed by atoms with E-state index in [0.29, 0.717) is 6.20 Å². The number of alkyl halides is 7. The molecule has 0 unspecified atom stereocenters. The standard InChI is InChI=1S/C10H6BrF6NO3/c11-2-4-3-18-8(21-10(15,16)17)5(1-6(19)20)7(4)9(12,13)14/h3H,1-2H2,(H,19,20). The van der Waals surface area contributed by atoms with Crippen LogP contribution in [0.1, 0.15) is 16.7 Å². The molecule has 11 heteroatoms. The van der Waals surface area contributed by atoms with Crippen LogP contribution in [0.2, 0.25) is 0 Å². The maximum atomic E-state index is 13.0. The molecule has 0 saturated heterocycles. The van der Waals surface area contributed by atoms with Gasteiger partial charge >= 0.3 is 18.5 Å². The van der Waals surface area contributed by atoms with E-state index < -0.39 is 47.5 Å². The predicted octanol–water partition coefficient (Wildman–Crippen LogP) is 3.52. The Morgan fingerprint density at radius 2 is 1.86 bits per heavy atom. The zero-order chi connectivity index (χ0) is 16.4. The smallest absolute Gasteiger partial charge is 0.481 e. The molecular weight excluding hydrogens is 376 g/mol. The lowest BCUT2D eigenvalue weighted by atomic mass is 10.0. The lowest BCUT2D eigenvalue weighted by Gasteiger charge is -2.19. The van der Waals surface area contributed by atoms with E-state index in [1.807, 2.05) is 0 Å². The molecular formula is C10H6BrF6NO3. The van der Waals surface area contributed by atoms with Crippen molar-refractivity contribution in [2.45, 2.75) is 24.3 Å². The van der Waals surface area contributed by atoms with Gasteiger partial charge < -0.3 is 9.84 Å². The summed E-state index contributed by atoms with van der Waals surface area (Å²) >= 11 is 2.74. The molecule has 0 aliphatic carbocycles. The number of aliphatic carboxylic acids is 1. The number of carboxylic acid groups (broad SMARTS) is 1. The highest BCUT2D eigenvalue weighted by atomic mass is 79.9. The summed E-state index contributed by atoms with van der Waals surface area (Å²) in [5, 5.41) is 8.23. The second-order valence-electron chi connectivity index (χ2n) is 3.69. The number of carbonyl (C=O) groups is 1. The summed E-state index contributed by atoms with van der Waals surface area (Å²) < 4.78 is 78.8. The van der Waals surface area contributed by atoms with E-state index in [2.05, 4.69) is 25.7 Å². The van der Waals surface area contributed by atoms with Gasteiger partial charge in [-0.1, -0.05) is 15.9 Å². The van der Waals surface area contributed by atoms with Gasteiger partial charge in [-0.05, 0) is 5.56 Å². The van der Waals surface area contributed by atoms with Crippen molar-refractivity contribution in [1.82, 2.24) is 4.98 Å². The van der Waals surface area contributed by atoms with E-state index in [1.54, 1.807) is 0 Å². The van der Waals surface area contributed by atoms with Crippen LogP contribution < -0.4 is 4.74 Å². The van der Waals surface area contributed by atoms with E-state index in [-0.39, 0.29) is 5.33 Å². The minimum Gasteiger partial charge on any atom is -0.481 e. The van der Waals surface area contributed by atoms with Crippen molar-refractivity contribution in [3.8, 4) is 5.88 Å². The zero-order valence-corrected chi connectivity index (χ0v) is 11.4. The van der Waals surface area contributed by atoms with E-state index >= 15 is 0 Å². The van der Waals surface area contributed by atoms with Crippen LogP contribution in [0.25, 0.3) is 0 Å². The van der Waals surface area contributed by atoms with Crippen LogP contribution in [0.5, 0.6) is 5.88 Å². The highest BCUT2D eigenvalue weighted by Crippen LogP contribution is 2.39.